The summed E-state index contributed by atoms with van der Waals surface area (Å²) in [5, 5.41) is 70.6. The summed E-state index contributed by atoms with van der Waals surface area (Å²) in [5.74, 6) is -1.24. The largest absolute Gasteiger partial charge is 0.394 e. The van der Waals surface area contributed by atoms with Crippen molar-refractivity contribution in [2.75, 3.05) is 13.2 Å². The summed E-state index contributed by atoms with van der Waals surface area (Å²) in [5.41, 5.74) is 0. The highest BCUT2D eigenvalue weighted by atomic mass is 16.6. The van der Waals surface area contributed by atoms with Crippen molar-refractivity contribution in [3.63, 3.8) is 0 Å². The van der Waals surface area contributed by atoms with Gasteiger partial charge in [0.1, 0.15) is 12.2 Å². The van der Waals surface area contributed by atoms with Gasteiger partial charge >= 0.3 is 0 Å². The van der Waals surface area contributed by atoms with E-state index in [0.717, 1.165) is 0 Å². The van der Waals surface area contributed by atoms with Crippen LogP contribution in [0.25, 0.3) is 0 Å². The van der Waals surface area contributed by atoms with Gasteiger partial charge in [-0.2, -0.15) is 0 Å². The van der Waals surface area contributed by atoms with E-state index in [1.165, 1.54) is 0 Å². The van der Waals surface area contributed by atoms with Gasteiger partial charge in [0.25, 0.3) is 0 Å². The van der Waals surface area contributed by atoms with Gasteiger partial charge in [-0.15, -0.1) is 0 Å². The molecule has 0 amide bonds. The minimum absolute atomic E-state index is 0.0598. The Balaban J connectivity index is 2.15. The van der Waals surface area contributed by atoms with E-state index in [1.54, 1.807) is 0 Å². The zero-order valence-electron chi connectivity index (χ0n) is 10.6. The molecular weight excluding hydrogens is 274 g/mol. The number of nitrogens with one attached hydrogen (secondary N) is 1. The van der Waals surface area contributed by atoms with E-state index in [4.69, 9.17) is 9.84 Å². The van der Waals surface area contributed by atoms with E-state index in [1.807, 2.05) is 0 Å². The van der Waals surface area contributed by atoms with Gasteiger partial charge in [0.15, 0.2) is 6.29 Å². The number of hydrogen-bond acceptors (Lipinski definition) is 9. The first-order chi connectivity index (χ1) is 9.38. The molecule has 5 unspecified atom stereocenters. The number of aliphatic hydroxyl groups is 7. The van der Waals surface area contributed by atoms with Gasteiger partial charge in [-0.3, -0.25) is 0 Å². The Morgan fingerprint density at radius 3 is 2.20 bits per heavy atom. The summed E-state index contributed by atoms with van der Waals surface area (Å²) in [6.07, 6.45) is -9.62. The lowest BCUT2D eigenvalue weighted by molar-refractivity contribution is -0.287. The Morgan fingerprint density at radius 2 is 1.70 bits per heavy atom. The maximum Gasteiger partial charge on any atom is 0.181 e. The van der Waals surface area contributed by atoms with Crippen LogP contribution in [0.4, 0.5) is 0 Å². The van der Waals surface area contributed by atoms with E-state index < -0.39 is 61.5 Å². The van der Waals surface area contributed by atoms with Gasteiger partial charge in [0.05, 0.1) is 37.1 Å². The van der Waals surface area contributed by atoms with E-state index in [2.05, 4.69) is 5.32 Å². The van der Waals surface area contributed by atoms with Crippen LogP contribution >= 0.6 is 0 Å². The predicted molar refractivity (Wildman–Crippen MR) is 63.3 cm³/mol. The number of aliphatic hydroxyl groups excluding tert-OH is 7. The zero-order valence-corrected chi connectivity index (χ0v) is 10.6. The highest BCUT2D eigenvalue weighted by Crippen LogP contribution is 2.30. The molecule has 2 fully saturated rings. The van der Waals surface area contributed by atoms with Crippen molar-refractivity contribution in [3.05, 3.63) is 0 Å². The van der Waals surface area contributed by atoms with Gasteiger partial charge in [-0.05, 0) is 0 Å². The van der Waals surface area contributed by atoms with Crippen LogP contribution in [0.2, 0.25) is 0 Å². The molecule has 0 bridgehead atoms. The average molecular weight is 295 g/mol. The Bertz CT molecular complexity index is 332. The van der Waals surface area contributed by atoms with Crippen molar-refractivity contribution >= 4 is 0 Å². The van der Waals surface area contributed by atoms with Crippen molar-refractivity contribution in [3.8, 4) is 0 Å². The number of ether oxygens (including phenoxy) is 1. The predicted octanol–water partition coefficient (Wildman–Crippen LogP) is -4.91. The van der Waals surface area contributed by atoms with Gasteiger partial charge in [0, 0.05) is 12.5 Å². The maximum atomic E-state index is 10.2. The second-order valence-corrected chi connectivity index (χ2v) is 5.29. The lowest BCUT2D eigenvalue weighted by Gasteiger charge is -2.43. The Hall–Kier alpha value is -0.360. The van der Waals surface area contributed by atoms with Crippen LogP contribution in [-0.2, 0) is 4.74 Å². The first-order valence-electron chi connectivity index (χ1n) is 6.46. The van der Waals surface area contributed by atoms with Crippen LogP contribution in [0.3, 0.4) is 0 Å². The molecule has 0 radical (unpaired) electrons. The maximum absolute atomic E-state index is 10.2. The van der Waals surface area contributed by atoms with Crippen molar-refractivity contribution in [1.29, 1.82) is 0 Å². The van der Waals surface area contributed by atoms with Crippen molar-refractivity contribution in [2.45, 2.75) is 49.0 Å². The third-order valence-electron chi connectivity index (χ3n) is 4.04. The summed E-state index contributed by atoms with van der Waals surface area (Å²) in [6, 6.07) is -0.969. The molecule has 0 aliphatic carbocycles. The highest BCUT2D eigenvalue weighted by molar-refractivity contribution is 5.02. The minimum Gasteiger partial charge on any atom is -0.394 e. The quantitative estimate of drug-likeness (QED) is 0.255. The lowest BCUT2D eigenvalue weighted by Crippen LogP contribution is -2.62. The molecule has 2 aliphatic heterocycles. The SMILES string of the molecule is OCC1O[C@H](O)[C@H](O)[C@@H]([C@H](O)C2NCC(O)C2O)C1O. The third-order valence-corrected chi connectivity index (χ3v) is 4.04. The highest BCUT2D eigenvalue weighted by Gasteiger charge is 2.51. The van der Waals surface area contributed by atoms with Crippen molar-refractivity contribution in [1.82, 2.24) is 5.32 Å². The standard InChI is InChI=1S/C11H21NO8/c13-2-4-8(16)5(10(18)11(19)20-4)9(17)6-7(15)3(14)1-12-6/h3-19H,1-2H2/t3?,4?,5-,6?,7?,8?,9+,10-,11+/m1/s1. The molecule has 9 nitrogen and oxygen atoms in total. The van der Waals surface area contributed by atoms with Crippen LogP contribution in [0.15, 0.2) is 0 Å². The number of rotatable bonds is 3. The summed E-state index contributed by atoms with van der Waals surface area (Å²) in [6.45, 7) is -0.540. The first kappa shape index (κ1) is 16.0. The molecule has 118 valence electrons. The molecule has 9 heteroatoms. The molecular formula is C11H21NO8. The molecule has 2 aliphatic rings. The van der Waals surface area contributed by atoms with E-state index in [0.29, 0.717) is 0 Å². The Morgan fingerprint density at radius 1 is 1.05 bits per heavy atom. The van der Waals surface area contributed by atoms with Crippen LogP contribution in [0.1, 0.15) is 0 Å². The van der Waals surface area contributed by atoms with Gasteiger partial charge in [-0.25, -0.2) is 0 Å². The molecule has 2 saturated heterocycles. The van der Waals surface area contributed by atoms with E-state index in [-0.39, 0.29) is 6.54 Å². The average Bonchev–Trinajstić information content (AvgIpc) is 2.74. The van der Waals surface area contributed by atoms with Crippen molar-refractivity contribution < 1.29 is 40.5 Å². The molecule has 9 atom stereocenters. The zero-order chi connectivity index (χ0) is 15.0. The fourth-order valence-corrected chi connectivity index (χ4v) is 2.83. The van der Waals surface area contributed by atoms with Crippen molar-refractivity contribution in [2.24, 2.45) is 5.92 Å². The molecule has 8 N–H and O–H groups in total. The fraction of sp³-hybridized carbons (Fsp3) is 1.00. The molecule has 0 aromatic heterocycles. The van der Waals surface area contributed by atoms with Crippen LogP contribution in [0.5, 0.6) is 0 Å². The molecule has 20 heavy (non-hydrogen) atoms. The van der Waals surface area contributed by atoms with E-state index >= 15 is 0 Å². The first-order valence-corrected chi connectivity index (χ1v) is 6.46. The minimum atomic E-state index is -1.67. The monoisotopic (exact) mass is 295 g/mol. The molecule has 0 aromatic rings. The Kier molecular flexibility index (Phi) is 4.95. The topological polar surface area (TPSA) is 163 Å². The summed E-state index contributed by atoms with van der Waals surface area (Å²) >= 11 is 0. The Labute approximate surface area is 115 Å². The fourth-order valence-electron chi connectivity index (χ4n) is 2.83. The molecule has 2 heterocycles. The summed E-state index contributed by atoms with van der Waals surface area (Å²) < 4.78 is 4.81. The molecule has 0 aromatic carbocycles. The lowest BCUT2D eigenvalue weighted by atomic mass is 9.81. The van der Waals surface area contributed by atoms with Gasteiger partial charge < -0.3 is 45.8 Å². The second-order valence-electron chi connectivity index (χ2n) is 5.29. The molecule has 0 spiro atoms. The van der Waals surface area contributed by atoms with Gasteiger partial charge in [0.2, 0.25) is 0 Å². The normalized spacial score (nSPS) is 51.1. The molecule has 0 saturated carbocycles. The summed E-state index contributed by atoms with van der Waals surface area (Å²) in [7, 11) is 0. The molecule has 2 rings (SSSR count). The van der Waals surface area contributed by atoms with E-state index in [9.17, 15) is 30.6 Å². The third kappa shape index (κ3) is 2.69. The second kappa shape index (κ2) is 6.18. The van der Waals surface area contributed by atoms with Crippen LogP contribution < -0.4 is 5.32 Å². The summed E-state index contributed by atoms with van der Waals surface area (Å²) in [4.78, 5) is 0. The smallest absolute Gasteiger partial charge is 0.181 e. The van der Waals surface area contributed by atoms with Crippen LogP contribution in [0, 0.1) is 5.92 Å². The number of β-amino-alcohol motifs (C(OH)–C–C–N with tert-alkyl or cyclic N) is 1. The van der Waals surface area contributed by atoms with Gasteiger partial charge in [-0.1, -0.05) is 0 Å². The number of hydrogen-bond donors (Lipinski definition) is 8. The van der Waals surface area contributed by atoms with Crippen LogP contribution in [-0.4, -0.2) is 97.9 Å².